The topological polar surface area (TPSA) is 101 Å². The largest absolute Gasteiger partial charge is 1.00 e. The molecule has 0 saturated carbocycles. The Morgan fingerprint density at radius 1 is 1.09 bits per heavy atom. The number of nitrogens with zero attached hydrogens (tertiary/aromatic N) is 4. The van der Waals surface area contributed by atoms with Gasteiger partial charge in [-0.25, -0.2) is 8.42 Å². The molecular weight excluding hydrogens is 449 g/mol. The van der Waals surface area contributed by atoms with Crippen LogP contribution in [0.25, 0.3) is 33.1 Å². The Morgan fingerprint density at radius 2 is 1.88 bits per heavy atom. The molecule has 0 atom stereocenters. The summed E-state index contributed by atoms with van der Waals surface area (Å²) in [5.41, 5.74) is 5.17. The van der Waals surface area contributed by atoms with Crippen LogP contribution in [0.4, 0.5) is 11.4 Å². The number of rotatable bonds is 4. The van der Waals surface area contributed by atoms with Gasteiger partial charge in [0.15, 0.2) is 9.84 Å². The number of aromatic nitrogens is 4. The first-order chi connectivity index (χ1) is 15.3. The zero-order valence-corrected chi connectivity index (χ0v) is 21.2. The zero-order chi connectivity index (χ0) is 22.5. The summed E-state index contributed by atoms with van der Waals surface area (Å²) in [6.07, 6.45) is 8.98. The van der Waals surface area contributed by atoms with E-state index in [2.05, 4.69) is 38.1 Å². The van der Waals surface area contributed by atoms with E-state index in [1.807, 2.05) is 25.4 Å². The Hall–Kier alpha value is -2.98. The maximum absolute atomic E-state index is 12.2. The SMILES string of the molecule is Cn1ccc2ccc(-c3cc(Nc4c[n+](O)ccc4S(C)(=O)=O)cc4nccnc34)cc21.[H-].[Na+]. The molecule has 0 unspecified atom stereocenters. The predicted molar refractivity (Wildman–Crippen MR) is 123 cm³/mol. The van der Waals surface area contributed by atoms with Crippen molar-refractivity contribution in [3.63, 3.8) is 0 Å². The van der Waals surface area contributed by atoms with Gasteiger partial charge in [-0.1, -0.05) is 12.1 Å². The summed E-state index contributed by atoms with van der Waals surface area (Å²) in [5, 5.41) is 14.1. The Labute approximate surface area is 214 Å². The third kappa shape index (κ3) is 4.45. The Kier molecular flexibility index (Phi) is 6.15. The van der Waals surface area contributed by atoms with Crippen LogP contribution in [-0.2, 0) is 16.9 Å². The van der Waals surface area contributed by atoms with Crippen molar-refractivity contribution in [1.82, 2.24) is 14.5 Å². The number of anilines is 2. The molecule has 10 heteroatoms. The smallest absolute Gasteiger partial charge is 1.00 e. The van der Waals surface area contributed by atoms with E-state index in [0.29, 0.717) is 11.2 Å². The Bertz CT molecular complexity index is 1620. The van der Waals surface area contributed by atoms with E-state index in [-0.39, 0.29) is 41.6 Å². The van der Waals surface area contributed by atoms with Crippen LogP contribution in [0.5, 0.6) is 0 Å². The van der Waals surface area contributed by atoms with Crippen LogP contribution in [-0.4, -0.2) is 34.4 Å². The van der Waals surface area contributed by atoms with Crippen molar-refractivity contribution in [3.05, 3.63) is 73.4 Å². The molecule has 5 aromatic rings. The monoisotopic (exact) mass is 470 g/mol. The number of aryl methyl sites for hydroxylation is 1. The molecule has 0 amide bonds. The molecule has 0 aliphatic carbocycles. The minimum absolute atomic E-state index is 0. The molecule has 3 heterocycles. The average Bonchev–Trinajstić information content (AvgIpc) is 3.12. The fourth-order valence-electron chi connectivity index (χ4n) is 3.84. The third-order valence-corrected chi connectivity index (χ3v) is 6.51. The van der Waals surface area contributed by atoms with Crippen LogP contribution in [0, 0.1) is 0 Å². The standard InChI is InChI=1S/C23H20N5O3S.Na.H/c1-27-9-5-15-3-4-16(11-21(15)27)18-12-17(13-19-23(18)25-8-7-24-19)26-20-14-28(29)10-6-22(20)32(2,30)31;;/h3-14,26,29H,1-2H3;;/q2*+1;-1. The fraction of sp³-hybridized carbons (Fsp3) is 0.0870. The van der Waals surface area contributed by atoms with Crippen molar-refractivity contribution in [2.24, 2.45) is 7.05 Å². The van der Waals surface area contributed by atoms with Gasteiger partial charge in [0.2, 0.25) is 12.4 Å². The van der Waals surface area contributed by atoms with E-state index in [0.717, 1.165) is 38.5 Å². The summed E-state index contributed by atoms with van der Waals surface area (Å²) in [6, 6.07) is 13.3. The van der Waals surface area contributed by atoms with Gasteiger partial charge in [0, 0.05) is 59.5 Å². The molecule has 33 heavy (non-hydrogen) atoms. The number of hydrogen-bond donors (Lipinski definition) is 2. The fourth-order valence-corrected chi connectivity index (χ4v) is 4.65. The van der Waals surface area contributed by atoms with Crippen LogP contribution in [0.3, 0.4) is 0 Å². The molecule has 0 radical (unpaired) electrons. The van der Waals surface area contributed by atoms with Crippen molar-refractivity contribution in [2.45, 2.75) is 4.90 Å². The van der Waals surface area contributed by atoms with Gasteiger partial charge >= 0.3 is 29.6 Å². The second-order valence-electron chi connectivity index (χ2n) is 7.65. The van der Waals surface area contributed by atoms with Crippen LogP contribution in [0.15, 0.2) is 78.3 Å². The number of benzene rings is 2. The second kappa shape index (κ2) is 8.75. The van der Waals surface area contributed by atoms with Gasteiger partial charge in [-0.2, -0.15) is 0 Å². The molecule has 2 aromatic carbocycles. The first-order valence-corrected chi connectivity index (χ1v) is 11.7. The molecule has 0 aliphatic rings. The van der Waals surface area contributed by atoms with Crippen molar-refractivity contribution in [2.75, 3.05) is 11.6 Å². The molecule has 2 N–H and O–H groups in total. The van der Waals surface area contributed by atoms with E-state index >= 15 is 0 Å². The first kappa shape index (κ1) is 23.2. The summed E-state index contributed by atoms with van der Waals surface area (Å²) in [6.45, 7) is 0. The summed E-state index contributed by atoms with van der Waals surface area (Å²) < 4.78 is 27.3. The number of pyridine rings is 1. The minimum Gasteiger partial charge on any atom is -1.00 e. The molecular formula is C23H21N5NaO3S+. The van der Waals surface area contributed by atoms with Crippen molar-refractivity contribution in [3.8, 4) is 11.1 Å². The molecule has 0 spiro atoms. The van der Waals surface area contributed by atoms with Gasteiger partial charge in [0.25, 0.3) is 0 Å². The normalized spacial score (nSPS) is 11.5. The molecule has 0 fully saturated rings. The number of fused-ring (bicyclic) bond motifs is 2. The van der Waals surface area contributed by atoms with E-state index in [9.17, 15) is 13.6 Å². The van der Waals surface area contributed by atoms with E-state index < -0.39 is 9.84 Å². The molecule has 8 nitrogen and oxygen atoms in total. The minimum atomic E-state index is -3.52. The number of nitrogens with one attached hydrogen (secondary N) is 1. The molecule has 162 valence electrons. The van der Waals surface area contributed by atoms with E-state index in [1.54, 1.807) is 18.5 Å². The van der Waals surface area contributed by atoms with Crippen LogP contribution >= 0.6 is 0 Å². The maximum Gasteiger partial charge on any atom is 1.00 e. The van der Waals surface area contributed by atoms with Gasteiger partial charge < -0.3 is 11.3 Å². The van der Waals surface area contributed by atoms with Gasteiger partial charge in [0.1, 0.15) is 10.6 Å². The van der Waals surface area contributed by atoms with E-state index in [4.69, 9.17) is 0 Å². The summed E-state index contributed by atoms with van der Waals surface area (Å²) in [4.78, 5) is 9.06. The van der Waals surface area contributed by atoms with Crippen molar-refractivity contribution < 1.29 is 49.3 Å². The van der Waals surface area contributed by atoms with Gasteiger partial charge in [-0.15, -0.1) is 0 Å². The first-order valence-electron chi connectivity index (χ1n) is 9.81. The van der Waals surface area contributed by atoms with Gasteiger partial charge in [-0.3, -0.25) is 15.2 Å². The molecule has 0 aliphatic heterocycles. The Morgan fingerprint density at radius 3 is 2.67 bits per heavy atom. The Balaban J connectivity index is 0.00000162. The summed E-state index contributed by atoms with van der Waals surface area (Å²) in [5.74, 6) is 0. The van der Waals surface area contributed by atoms with Crippen LogP contribution in [0.1, 0.15) is 1.43 Å². The third-order valence-electron chi connectivity index (χ3n) is 5.36. The van der Waals surface area contributed by atoms with Crippen LogP contribution in [0.2, 0.25) is 0 Å². The van der Waals surface area contributed by atoms with Crippen molar-refractivity contribution >= 4 is 43.1 Å². The van der Waals surface area contributed by atoms with Crippen LogP contribution < -0.4 is 39.6 Å². The van der Waals surface area contributed by atoms with Gasteiger partial charge in [-0.05, 0) is 35.2 Å². The molecule has 0 bridgehead atoms. The molecule has 3 aromatic heterocycles. The summed E-state index contributed by atoms with van der Waals surface area (Å²) in [7, 11) is -1.52. The second-order valence-corrected chi connectivity index (χ2v) is 9.63. The van der Waals surface area contributed by atoms with Gasteiger partial charge in [0.05, 0.1) is 11.0 Å². The quantitative estimate of drug-likeness (QED) is 0.226. The number of hydrogen-bond acceptors (Lipinski definition) is 6. The zero-order valence-electron chi connectivity index (χ0n) is 19.4. The summed E-state index contributed by atoms with van der Waals surface area (Å²) >= 11 is 0. The average molecular weight is 471 g/mol. The maximum atomic E-state index is 12.2. The number of sulfone groups is 1. The molecule has 5 rings (SSSR count). The molecule has 0 saturated heterocycles. The predicted octanol–water partition coefficient (Wildman–Crippen LogP) is 0.577. The van der Waals surface area contributed by atoms with Crippen molar-refractivity contribution in [1.29, 1.82) is 0 Å². The van der Waals surface area contributed by atoms with E-state index in [1.165, 1.54) is 18.5 Å².